The Balaban J connectivity index is 1.99. The zero-order valence-corrected chi connectivity index (χ0v) is 12.4. The first-order chi connectivity index (χ1) is 9.96. The standard InChI is InChI=1S/C14H21N5O2/c1-14(2,13(15)17-21)19-9-7-18(8-10-19)12(20)11-5-3-4-6-16-11/h3-6,21H,7-10H2,1-2H3,(H2,15,17). The molecule has 7 nitrogen and oxygen atoms in total. The van der Waals surface area contributed by atoms with E-state index in [1.54, 1.807) is 29.3 Å². The van der Waals surface area contributed by atoms with Gasteiger partial charge in [0.25, 0.3) is 5.91 Å². The number of amidine groups is 1. The molecule has 0 aromatic carbocycles. The zero-order chi connectivity index (χ0) is 15.5. The summed E-state index contributed by atoms with van der Waals surface area (Å²) in [5, 5.41) is 12.0. The van der Waals surface area contributed by atoms with Gasteiger partial charge < -0.3 is 15.8 Å². The molecule has 0 saturated carbocycles. The second kappa shape index (κ2) is 6.09. The van der Waals surface area contributed by atoms with Gasteiger partial charge in [-0.25, -0.2) is 0 Å². The minimum absolute atomic E-state index is 0.0585. The number of rotatable bonds is 3. The number of hydrogen-bond acceptors (Lipinski definition) is 5. The van der Waals surface area contributed by atoms with Gasteiger partial charge in [-0.1, -0.05) is 11.2 Å². The Labute approximate surface area is 124 Å². The molecule has 0 bridgehead atoms. The highest BCUT2D eigenvalue weighted by molar-refractivity contribution is 5.92. The number of nitrogens with two attached hydrogens (primary N) is 1. The summed E-state index contributed by atoms with van der Waals surface area (Å²) in [6.45, 7) is 6.33. The van der Waals surface area contributed by atoms with Gasteiger partial charge in [-0.05, 0) is 26.0 Å². The summed E-state index contributed by atoms with van der Waals surface area (Å²) < 4.78 is 0. The molecule has 3 N–H and O–H groups in total. The highest BCUT2D eigenvalue weighted by Crippen LogP contribution is 2.18. The molecule has 2 heterocycles. The molecular formula is C14H21N5O2. The average molecular weight is 291 g/mol. The smallest absolute Gasteiger partial charge is 0.272 e. The molecule has 0 unspecified atom stereocenters. The maximum Gasteiger partial charge on any atom is 0.272 e. The third kappa shape index (κ3) is 3.13. The van der Waals surface area contributed by atoms with Crippen LogP contribution in [0.3, 0.4) is 0 Å². The second-order valence-corrected chi connectivity index (χ2v) is 5.54. The monoisotopic (exact) mass is 291 g/mol. The van der Waals surface area contributed by atoms with E-state index in [0.717, 1.165) is 0 Å². The summed E-state index contributed by atoms with van der Waals surface area (Å²) in [5.41, 5.74) is 5.66. The van der Waals surface area contributed by atoms with Gasteiger partial charge in [0.15, 0.2) is 5.84 Å². The third-order valence-corrected chi connectivity index (χ3v) is 3.98. The SMILES string of the molecule is CC(C)(C(N)=NO)N1CCN(C(=O)c2ccccn2)CC1. The lowest BCUT2D eigenvalue weighted by Gasteiger charge is -2.43. The molecule has 0 atom stereocenters. The van der Waals surface area contributed by atoms with E-state index in [-0.39, 0.29) is 11.7 Å². The Morgan fingerprint density at radius 3 is 2.52 bits per heavy atom. The van der Waals surface area contributed by atoms with Gasteiger partial charge in [0.05, 0.1) is 5.54 Å². The number of amides is 1. The van der Waals surface area contributed by atoms with E-state index in [0.29, 0.717) is 31.9 Å². The number of carbonyl (C=O) groups is 1. The van der Waals surface area contributed by atoms with E-state index in [9.17, 15) is 4.79 Å². The Morgan fingerprint density at radius 1 is 1.33 bits per heavy atom. The van der Waals surface area contributed by atoms with Gasteiger partial charge in [0.1, 0.15) is 5.69 Å². The van der Waals surface area contributed by atoms with E-state index < -0.39 is 5.54 Å². The number of hydrogen-bond donors (Lipinski definition) is 2. The van der Waals surface area contributed by atoms with Crippen molar-refractivity contribution in [1.29, 1.82) is 0 Å². The normalized spacial score (nSPS) is 17.8. The van der Waals surface area contributed by atoms with E-state index in [2.05, 4.69) is 15.0 Å². The van der Waals surface area contributed by atoms with E-state index in [1.807, 2.05) is 13.8 Å². The highest BCUT2D eigenvalue weighted by Gasteiger charge is 2.34. The molecule has 21 heavy (non-hydrogen) atoms. The van der Waals surface area contributed by atoms with Crippen molar-refractivity contribution in [2.75, 3.05) is 26.2 Å². The molecule has 1 aliphatic heterocycles. The van der Waals surface area contributed by atoms with Gasteiger partial charge in [-0.3, -0.25) is 14.7 Å². The topological polar surface area (TPSA) is 95.0 Å². The van der Waals surface area contributed by atoms with Crippen molar-refractivity contribution in [1.82, 2.24) is 14.8 Å². The maximum absolute atomic E-state index is 12.3. The minimum Gasteiger partial charge on any atom is -0.409 e. The summed E-state index contributed by atoms with van der Waals surface area (Å²) >= 11 is 0. The largest absolute Gasteiger partial charge is 0.409 e. The van der Waals surface area contributed by atoms with Crippen LogP contribution >= 0.6 is 0 Å². The maximum atomic E-state index is 12.3. The van der Waals surface area contributed by atoms with Crippen LogP contribution in [0.1, 0.15) is 24.3 Å². The van der Waals surface area contributed by atoms with Gasteiger partial charge in [-0.2, -0.15) is 0 Å². The molecule has 0 spiro atoms. The van der Waals surface area contributed by atoms with Crippen molar-refractivity contribution in [3.8, 4) is 0 Å². The van der Waals surface area contributed by atoms with Crippen LogP contribution in [-0.4, -0.2) is 63.5 Å². The van der Waals surface area contributed by atoms with Crippen LogP contribution in [0.5, 0.6) is 0 Å². The van der Waals surface area contributed by atoms with Crippen LogP contribution in [0.25, 0.3) is 0 Å². The van der Waals surface area contributed by atoms with Gasteiger partial charge in [-0.15, -0.1) is 0 Å². The van der Waals surface area contributed by atoms with Crippen LogP contribution in [0.15, 0.2) is 29.6 Å². The fourth-order valence-corrected chi connectivity index (χ4v) is 2.40. The molecular weight excluding hydrogens is 270 g/mol. The van der Waals surface area contributed by atoms with Crippen molar-refractivity contribution in [2.24, 2.45) is 10.9 Å². The van der Waals surface area contributed by atoms with E-state index in [1.165, 1.54) is 0 Å². The number of carbonyl (C=O) groups excluding carboxylic acids is 1. The van der Waals surface area contributed by atoms with Crippen LogP contribution < -0.4 is 5.73 Å². The first-order valence-corrected chi connectivity index (χ1v) is 6.90. The fraction of sp³-hybridized carbons (Fsp3) is 0.500. The second-order valence-electron chi connectivity index (χ2n) is 5.54. The minimum atomic E-state index is -0.533. The van der Waals surface area contributed by atoms with Crippen LogP contribution in [0.2, 0.25) is 0 Å². The van der Waals surface area contributed by atoms with Crippen molar-refractivity contribution < 1.29 is 10.0 Å². The predicted molar refractivity (Wildman–Crippen MR) is 79.2 cm³/mol. The van der Waals surface area contributed by atoms with E-state index in [4.69, 9.17) is 10.9 Å². The van der Waals surface area contributed by atoms with E-state index >= 15 is 0 Å². The lowest BCUT2D eigenvalue weighted by molar-refractivity contribution is 0.0526. The Kier molecular flexibility index (Phi) is 4.42. The van der Waals surface area contributed by atoms with Crippen LogP contribution in [0, 0.1) is 0 Å². The molecule has 1 fully saturated rings. The predicted octanol–water partition coefficient (Wildman–Crippen LogP) is 0.364. The first kappa shape index (κ1) is 15.2. The van der Waals surface area contributed by atoms with Crippen molar-refractivity contribution >= 4 is 11.7 Å². The molecule has 7 heteroatoms. The molecule has 114 valence electrons. The third-order valence-electron chi connectivity index (χ3n) is 3.98. The van der Waals surface area contributed by atoms with Crippen LogP contribution in [0.4, 0.5) is 0 Å². The fourth-order valence-electron chi connectivity index (χ4n) is 2.40. The van der Waals surface area contributed by atoms with Gasteiger partial charge >= 0.3 is 0 Å². The molecule has 1 saturated heterocycles. The molecule has 1 aromatic heterocycles. The van der Waals surface area contributed by atoms with Crippen LogP contribution in [-0.2, 0) is 0 Å². The van der Waals surface area contributed by atoms with Gasteiger partial charge in [0, 0.05) is 32.4 Å². The lowest BCUT2D eigenvalue weighted by atomic mass is 10.00. The molecule has 2 rings (SSSR count). The number of pyridine rings is 1. The van der Waals surface area contributed by atoms with Crippen molar-refractivity contribution in [3.63, 3.8) is 0 Å². The van der Waals surface area contributed by atoms with Crippen molar-refractivity contribution in [3.05, 3.63) is 30.1 Å². The van der Waals surface area contributed by atoms with Crippen molar-refractivity contribution in [2.45, 2.75) is 19.4 Å². The summed E-state index contributed by atoms with van der Waals surface area (Å²) in [4.78, 5) is 20.3. The van der Waals surface area contributed by atoms with Gasteiger partial charge in [0.2, 0.25) is 0 Å². The highest BCUT2D eigenvalue weighted by atomic mass is 16.4. The molecule has 0 radical (unpaired) electrons. The molecule has 1 aliphatic rings. The Hall–Kier alpha value is -2.15. The molecule has 1 aromatic rings. The summed E-state index contributed by atoms with van der Waals surface area (Å²) in [6, 6.07) is 5.31. The number of oxime groups is 1. The number of piperazine rings is 1. The summed E-state index contributed by atoms with van der Waals surface area (Å²) in [7, 11) is 0. The molecule has 0 aliphatic carbocycles. The quantitative estimate of drug-likeness (QED) is 0.363. The summed E-state index contributed by atoms with van der Waals surface area (Å²) in [5.74, 6) is 0.115. The average Bonchev–Trinajstić information content (AvgIpc) is 2.54. The molecule has 1 amide bonds. The Bertz CT molecular complexity index is 521. The zero-order valence-electron chi connectivity index (χ0n) is 12.4. The first-order valence-electron chi connectivity index (χ1n) is 6.90. The number of aromatic nitrogens is 1. The lowest BCUT2D eigenvalue weighted by Crippen LogP contribution is -2.60. The Morgan fingerprint density at radius 2 is 2.00 bits per heavy atom. The summed E-state index contributed by atoms with van der Waals surface area (Å²) in [6.07, 6.45) is 1.62. The number of nitrogens with zero attached hydrogens (tertiary/aromatic N) is 4.